The molecule has 0 spiro atoms. The van der Waals surface area contributed by atoms with E-state index >= 15 is 0 Å². The molecule has 0 bridgehead atoms. The molecule has 7 heteroatoms. The van der Waals surface area contributed by atoms with E-state index < -0.39 is 18.0 Å². The summed E-state index contributed by atoms with van der Waals surface area (Å²) >= 11 is 0. The zero-order valence-corrected chi connectivity index (χ0v) is 8.22. The third-order valence-electron chi connectivity index (χ3n) is 1.67. The lowest BCUT2D eigenvalue weighted by atomic mass is 10.1. The summed E-state index contributed by atoms with van der Waals surface area (Å²) in [4.78, 5) is 24.4. The molecule has 1 atom stereocenters. The molecule has 0 heterocycles. The Labute approximate surface area is 86.8 Å². The first kappa shape index (κ1) is 13.2. The molecule has 0 aromatic carbocycles. The van der Waals surface area contributed by atoms with Crippen LogP contribution in [0.3, 0.4) is 0 Å². The van der Waals surface area contributed by atoms with Gasteiger partial charge in [-0.3, -0.25) is 9.59 Å². The van der Waals surface area contributed by atoms with Crippen LogP contribution in [0.15, 0.2) is 4.99 Å². The summed E-state index contributed by atoms with van der Waals surface area (Å²) in [6, 6.07) is -0.549. The summed E-state index contributed by atoms with van der Waals surface area (Å²) in [6.45, 7) is 0. The summed E-state index contributed by atoms with van der Waals surface area (Å²) in [5, 5.41) is 16.9. The van der Waals surface area contributed by atoms with Gasteiger partial charge in [-0.15, -0.1) is 0 Å². The van der Waals surface area contributed by atoms with E-state index in [1.165, 1.54) is 0 Å². The van der Waals surface area contributed by atoms with Crippen LogP contribution in [0.4, 0.5) is 0 Å². The van der Waals surface area contributed by atoms with Gasteiger partial charge in [-0.25, -0.2) is 4.99 Å². The molecule has 0 aliphatic rings. The van der Waals surface area contributed by atoms with Gasteiger partial charge < -0.3 is 21.7 Å². The van der Waals surface area contributed by atoms with Crippen LogP contribution in [-0.2, 0) is 9.59 Å². The smallest absolute Gasteiger partial charge is 0.305 e. The number of guanidine groups is 1. The molecule has 0 aliphatic heterocycles. The van der Waals surface area contributed by atoms with Crippen LogP contribution in [0, 0.1) is 0 Å². The molecule has 15 heavy (non-hydrogen) atoms. The largest absolute Gasteiger partial charge is 0.481 e. The van der Waals surface area contributed by atoms with Gasteiger partial charge in [-0.05, 0) is 12.8 Å². The third-order valence-corrected chi connectivity index (χ3v) is 1.67. The van der Waals surface area contributed by atoms with Crippen LogP contribution in [-0.4, -0.2) is 34.2 Å². The van der Waals surface area contributed by atoms with E-state index in [0.29, 0.717) is 12.8 Å². The molecule has 1 unspecified atom stereocenters. The van der Waals surface area contributed by atoms with Gasteiger partial charge in [0.1, 0.15) is 0 Å². The maximum absolute atomic E-state index is 10.4. The Kier molecular flexibility index (Phi) is 5.84. The quantitative estimate of drug-likeness (QED) is 0.330. The molecule has 0 amide bonds. The topological polar surface area (TPSA) is 139 Å². The minimum Gasteiger partial charge on any atom is -0.481 e. The maximum atomic E-state index is 10.4. The monoisotopic (exact) mass is 217 g/mol. The van der Waals surface area contributed by atoms with Crippen molar-refractivity contribution >= 4 is 17.9 Å². The second-order valence-corrected chi connectivity index (χ2v) is 3.09. The number of rotatable bonds is 7. The molecule has 0 aromatic rings. The minimum absolute atomic E-state index is 0.0177. The predicted octanol–water partition coefficient (Wildman–Crippen LogP) is -0.642. The van der Waals surface area contributed by atoms with E-state index in [0.717, 1.165) is 0 Å². The second kappa shape index (κ2) is 6.63. The fraction of sp³-hybridized carbons (Fsp3) is 0.625. The number of aliphatic carboxylic acids is 2. The lowest BCUT2D eigenvalue weighted by Crippen LogP contribution is -2.26. The Bertz CT molecular complexity index is 261. The summed E-state index contributed by atoms with van der Waals surface area (Å²) < 4.78 is 0. The highest BCUT2D eigenvalue weighted by molar-refractivity contribution is 5.76. The molecular weight excluding hydrogens is 202 g/mol. The molecule has 0 fully saturated rings. The molecule has 0 aliphatic carbocycles. The van der Waals surface area contributed by atoms with Crippen molar-refractivity contribution in [2.24, 2.45) is 16.5 Å². The van der Waals surface area contributed by atoms with Gasteiger partial charge >= 0.3 is 11.9 Å². The van der Waals surface area contributed by atoms with E-state index in [9.17, 15) is 9.59 Å². The predicted molar refractivity (Wildman–Crippen MR) is 53.3 cm³/mol. The molecule has 0 saturated heterocycles. The number of carbonyl (C=O) groups is 2. The van der Waals surface area contributed by atoms with E-state index in [4.69, 9.17) is 21.7 Å². The number of aliphatic imine (C=N–C) groups is 1. The second-order valence-electron chi connectivity index (χ2n) is 3.09. The van der Waals surface area contributed by atoms with Crippen molar-refractivity contribution in [2.75, 3.05) is 0 Å². The van der Waals surface area contributed by atoms with Crippen LogP contribution in [0.5, 0.6) is 0 Å². The van der Waals surface area contributed by atoms with Crippen molar-refractivity contribution in [2.45, 2.75) is 31.7 Å². The lowest BCUT2D eigenvalue weighted by molar-refractivity contribution is -0.137. The number of nitrogens with two attached hydrogens (primary N) is 2. The van der Waals surface area contributed by atoms with Crippen molar-refractivity contribution in [3.05, 3.63) is 0 Å². The Morgan fingerprint density at radius 3 is 2.20 bits per heavy atom. The average molecular weight is 217 g/mol. The number of hydrogen-bond acceptors (Lipinski definition) is 3. The SMILES string of the molecule is NC(N)=NC(CCCC(=O)O)CC(=O)O. The van der Waals surface area contributed by atoms with Crippen molar-refractivity contribution in [3.8, 4) is 0 Å². The van der Waals surface area contributed by atoms with Gasteiger partial charge in [0.2, 0.25) is 0 Å². The Morgan fingerprint density at radius 2 is 1.80 bits per heavy atom. The first-order chi connectivity index (χ1) is 6.91. The van der Waals surface area contributed by atoms with E-state index in [-0.39, 0.29) is 18.8 Å². The van der Waals surface area contributed by atoms with Gasteiger partial charge in [0.25, 0.3) is 0 Å². The average Bonchev–Trinajstić information content (AvgIpc) is 2.00. The van der Waals surface area contributed by atoms with Gasteiger partial charge in [0, 0.05) is 6.42 Å². The van der Waals surface area contributed by atoms with Crippen molar-refractivity contribution in [1.29, 1.82) is 0 Å². The number of carboxylic acids is 2. The van der Waals surface area contributed by atoms with Gasteiger partial charge in [0.15, 0.2) is 5.96 Å². The fourth-order valence-corrected chi connectivity index (χ4v) is 1.11. The molecule has 0 radical (unpaired) electrons. The van der Waals surface area contributed by atoms with Crippen LogP contribution < -0.4 is 11.5 Å². The normalized spacial score (nSPS) is 11.7. The first-order valence-electron chi connectivity index (χ1n) is 4.44. The van der Waals surface area contributed by atoms with Crippen molar-refractivity contribution in [3.63, 3.8) is 0 Å². The molecule has 0 aromatic heterocycles. The first-order valence-corrected chi connectivity index (χ1v) is 4.44. The van der Waals surface area contributed by atoms with Gasteiger partial charge in [-0.1, -0.05) is 0 Å². The van der Waals surface area contributed by atoms with Gasteiger partial charge in [-0.2, -0.15) is 0 Å². The van der Waals surface area contributed by atoms with Gasteiger partial charge in [0.05, 0.1) is 12.5 Å². The fourth-order valence-electron chi connectivity index (χ4n) is 1.11. The van der Waals surface area contributed by atoms with Crippen LogP contribution in [0.2, 0.25) is 0 Å². The highest BCUT2D eigenvalue weighted by atomic mass is 16.4. The van der Waals surface area contributed by atoms with Crippen LogP contribution in [0.1, 0.15) is 25.7 Å². The Hall–Kier alpha value is -1.79. The standard InChI is InChI=1S/C8H15N3O4/c9-8(10)11-5(4-7(14)15)2-1-3-6(12)13/h5H,1-4H2,(H,12,13)(H,14,15)(H4,9,10,11). The minimum atomic E-state index is -1.01. The Balaban J connectivity index is 4.07. The summed E-state index contributed by atoms with van der Waals surface area (Å²) in [7, 11) is 0. The lowest BCUT2D eigenvalue weighted by Gasteiger charge is -2.09. The van der Waals surface area contributed by atoms with E-state index in [1.807, 2.05) is 0 Å². The third kappa shape index (κ3) is 8.54. The highest BCUT2D eigenvalue weighted by Gasteiger charge is 2.12. The van der Waals surface area contributed by atoms with Crippen molar-refractivity contribution < 1.29 is 19.8 Å². The summed E-state index contributed by atoms with van der Waals surface area (Å²) in [5.74, 6) is -2.12. The number of hydrogen-bond donors (Lipinski definition) is 4. The molecule has 0 saturated carbocycles. The molecule has 86 valence electrons. The number of nitrogens with zero attached hydrogens (tertiary/aromatic N) is 1. The summed E-state index contributed by atoms with van der Waals surface area (Å²) in [6.07, 6.45) is 0.480. The van der Waals surface area contributed by atoms with E-state index in [1.54, 1.807) is 0 Å². The number of carboxylic acid groups (broad SMARTS) is 2. The highest BCUT2D eigenvalue weighted by Crippen LogP contribution is 2.08. The molecule has 6 N–H and O–H groups in total. The van der Waals surface area contributed by atoms with Crippen molar-refractivity contribution in [1.82, 2.24) is 0 Å². The molecule has 0 rings (SSSR count). The summed E-state index contributed by atoms with van der Waals surface area (Å²) in [5.41, 5.74) is 10.2. The maximum Gasteiger partial charge on any atom is 0.305 e. The van der Waals surface area contributed by atoms with E-state index in [2.05, 4.69) is 4.99 Å². The zero-order valence-electron chi connectivity index (χ0n) is 8.22. The molecule has 7 nitrogen and oxygen atoms in total. The van der Waals surface area contributed by atoms with Crippen LogP contribution in [0.25, 0.3) is 0 Å². The van der Waals surface area contributed by atoms with Crippen LogP contribution >= 0.6 is 0 Å². The zero-order chi connectivity index (χ0) is 11.8. The Morgan fingerprint density at radius 1 is 1.20 bits per heavy atom. The molecular formula is C8H15N3O4.